The molecule has 2 aliphatic rings. The number of nitrogens with zero attached hydrogens (tertiary/aromatic N) is 2. The van der Waals surface area contributed by atoms with Crippen molar-refractivity contribution in [1.29, 1.82) is 0 Å². The Hall–Kier alpha value is -3.24. The highest BCUT2D eigenvalue weighted by atomic mass is 32.2. The highest BCUT2D eigenvalue weighted by molar-refractivity contribution is 7.89. The van der Waals surface area contributed by atoms with E-state index in [-0.39, 0.29) is 49.5 Å². The van der Waals surface area contributed by atoms with Crippen molar-refractivity contribution < 1.29 is 22.7 Å². The van der Waals surface area contributed by atoms with Crippen LogP contribution < -0.4 is 15.4 Å². The van der Waals surface area contributed by atoms with Crippen molar-refractivity contribution in [2.75, 3.05) is 32.8 Å². The van der Waals surface area contributed by atoms with Gasteiger partial charge in [0.2, 0.25) is 15.9 Å². The first-order valence-corrected chi connectivity index (χ1v) is 12.7. The van der Waals surface area contributed by atoms with Gasteiger partial charge in [0.15, 0.2) is 0 Å². The SMILES string of the molecule is O=C1NCCNC(=O)C2(C/C=C/COc3ccccc31)CCN(S(=O)(=O)c1cccnc1)CC2. The first-order valence-electron chi connectivity index (χ1n) is 11.3. The number of pyridine rings is 1. The van der Waals surface area contributed by atoms with Gasteiger partial charge in [-0.25, -0.2) is 8.42 Å². The molecule has 1 spiro atoms. The molecule has 0 radical (unpaired) electrons. The number of rotatable bonds is 2. The van der Waals surface area contributed by atoms with E-state index in [1.54, 1.807) is 24.3 Å². The van der Waals surface area contributed by atoms with Crippen LogP contribution in [0, 0.1) is 5.41 Å². The predicted molar refractivity (Wildman–Crippen MR) is 126 cm³/mol. The highest BCUT2D eigenvalue weighted by Crippen LogP contribution is 2.37. The van der Waals surface area contributed by atoms with E-state index < -0.39 is 15.4 Å². The summed E-state index contributed by atoms with van der Waals surface area (Å²) >= 11 is 0. The molecule has 1 aromatic carbocycles. The highest BCUT2D eigenvalue weighted by Gasteiger charge is 2.43. The van der Waals surface area contributed by atoms with Gasteiger partial charge in [-0.2, -0.15) is 4.31 Å². The number of nitrogens with one attached hydrogen (secondary N) is 2. The molecule has 10 heteroatoms. The van der Waals surface area contributed by atoms with Crippen molar-refractivity contribution in [1.82, 2.24) is 19.9 Å². The minimum absolute atomic E-state index is 0.136. The summed E-state index contributed by atoms with van der Waals surface area (Å²) in [6.07, 6.45) is 7.84. The van der Waals surface area contributed by atoms with E-state index >= 15 is 0 Å². The van der Waals surface area contributed by atoms with Crippen LogP contribution in [0.15, 0.2) is 65.8 Å². The molecule has 4 rings (SSSR count). The minimum Gasteiger partial charge on any atom is -0.489 e. The molecule has 0 unspecified atom stereocenters. The van der Waals surface area contributed by atoms with Crippen LogP contribution in [0.5, 0.6) is 5.75 Å². The summed E-state index contributed by atoms with van der Waals surface area (Å²) in [5.74, 6) is 0.0899. The number of aromatic nitrogens is 1. The molecule has 2 N–H and O–H groups in total. The van der Waals surface area contributed by atoms with Gasteiger partial charge in [-0.3, -0.25) is 14.6 Å². The summed E-state index contributed by atoms with van der Waals surface area (Å²) in [6.45, 7) is 1.27. The lowest BCUT2D eigenvalue weighted by atomic mass is 9.75. The molecule has 2 amide bonds. The molecule has 180 valence electrons. The first kappa shape index (κ1) is 23.9. The zero-order chi connectivity index (χ0) is 24.0. The standard InChI is InChI=1S/C24H28N4O5S/c29-22-20-7-1-2-8-21(20)33-17-4-3-9-24(23(30)27-14-13-26-22)10-15-28(16-11-24)34(31,32)19-6-5-12-25-18-19/h1-8,12,18H,9-11,13-17H2,(H,26,29)(H,27,30)/b4-3+. The van der Waals surface area contributed by atoms with Gasteiger partial charge in [0.1, 0.15) is 17.3 Å². The van der Waals surface area contributed by atoms with E-state index in [2.05, 4.69) is 15.6 Å². The largest absolute Gasteiger partial charge is 0.489 e. The van der Waals surface area contributed by atoms with Crippen LogP contribution in [0.4, 0.5) is 0 Å². The number of carbonyl (C=O) groups is 2. The van der Waals surface area contributed by atoms with Gasteiger partial charge in [0, 0.05) is 38.6 Å². The number of hydrogen-bond acceptors (Lipinski definition) is 6. The Morgan fingerprint density at radius 1 is 0.971 bits per heavy atom. The van der Waals surface area contributed by atoms with Crippen molar-refractivity contribution in [2.45, 2.75) is 24.2 Å². The van der Waals surface area contributed by atoms with Crippen LogP contribution in [0.3, 0.4) is 0 Å². The van der Waals surface area contributed by atoms with Crippen LogP contribution in [-0.2, 0) is 14.8 Å². The third-order valence-electron chi connectivity index (χ3n) is 6.27. The van der Waals surface area contributed by atoms with Gasteiger partial charge in [-0.15, -0.1) is 0 Å². The monoisotopic (exact) mass is 484 g/mol. The molecule has 3 heterocycles. The van der Waals surface area contributed by atoms with Crippen LogP contribution in [0.25, 0.3) is 0 Å². The Balaban J connectivity index is 1.48. The fraction of sp³-hybridized carbons (Fsp3) is 0.375. The fourth-order valence-electron chi connectivity index (χ4n) is 4.26. The summed E-state index contributed by atoms with van der Waals surface area (Å²) in [6, 6.07) is 10.1. The lowest BCUT2D eigenvalue weighted by molar-refractivity contribution is -0.133. The van der Waals surface area contributed by atoms with Crippen molar-refractivity contribution in [2.24, 2.45) is 5.41 Å². The van der Waals surface area contributed by atoms with Crippen molar-refractivity contribution in [3.63, 3.8) is 0 Å². The lowest BCUT2D eigenvalue weighted by Gasteiger charge is -2.39. The van der Waals surface area contributed by atoms with E-state index in [0.29, 0.717) is 30.6 Å². The maximum Gasteiger partial charge on any atom is 0.255 e. The normalized spacial score (nSPS) is 20.8. The average Bonchev–Trinajstić information content (AvgIpc) is 2.86. The summed E-state index contributed by atoms with van der Waals surface area (Å²) < 4.78 is 33.1. The second kappa shape index (κ2) is 10.4. The van der Waals surface area contributed by atoms with Crippen LogP contribution in [0.2, 0.25) is 0 Å². The lowest BCUT2D eigenvalue weighted by Crippen LogP contribution is -2.51. The maximum atomic E-state index is 13.2. The zero-order valence-corrected chi connectivity index (χ0v) is 19.6. The number of piperidine rings is 1. The Morgan fingerprint density at radius 3 is 2.50 bits per heavy atom. The molecule has 1 aromatic heterocycles. The van der Waals surface area contributed by atoms with Crippen LogP contribution in [-0.4, -0.2) is 62.3 Å². The number of carbonyl (C=O) groups excluding carboxylic acids is 2. The number of benzene rings is 1. The third-order valence-corrected chi connectivity index (χ3v) is 8.15. The number of para-hydroxylation sites is 1. The molecule has 1 saturated heterocycles. The van der Waals surface area contributed by atoms with Gasteiger partial charge < -0.3 is 15.4 Å². The van der Waals surface area contributed by atoms with Gasteiger partial charge in [0.05, 0.1) is 11.0 Å². The van der Waals surface area contributed by atoms with E-state index in [4.69, 9.17) is 4.74 Å². The molecule has 0 saturated carbocycles. The van der Waals surface area contributed by atoms with Gasteiger partial charge in [0.25, 0.3) is 5.91 Å². The molecular weight excluding hydrogens is 456 g/mol. The van der Waals surface area contributed by atoms with E-state index in [9.17, 15) is 18.0 Å². The number of sulfonamides is 1. The maximum absolute atomic E-state index is 13.2. The molecule has 9 nitrogen and oxygen atoms in total. The Bertz CT molecular complexity index is 1160. The molecule has 2 aromatic rings. The quantitative estimate of drug-likeness (QED) is 0.627. The second-order valence-electron chi connectivity index (χ2n) is 8.37. The fourth-order valence-corrected chi connectivity index (χ4v) is 5.66. The average molecular weight is 485 g/mol. The second-order valence-corrected chi connectivity index (χ2v) is 10.3. The summed E-state index contributed by atoms with van der Waals surface area (Å²) in [5, 5.41) is 5.73. The molecular formula is C24H28N4O5S. The zero-order valence-electron chi connectivity index (χ0n) is 18.8. The smallest absolute Gasteiger partial charge is 0.255 e. The molecule has 34 heavy (non-hydrogen) atoms. The first-order chi connectivity index (χ1) is 16.4. The molecule has 1 fully saturated rings. The molecule has 0 aliphatic carbocycles. The summed E-state index contributed by atoms with van der Waals surface area (Å²) in [4.78, 5) is 29.8. The topological polar surface area (TPSA) is 118 Å². The Kier molecular flexibility index (Phi) is 7.28. The van der Waals surface area contributed by atoms with Crippen LogP contribution >= 0.6 is 0 Å². The van der Waals surface area contributed by atoms with E-state index in [1.165, 1.54) is 22.8 Å². The van der Waals surface area contributed by atoms with Gasteiger partial charge >= 0.3 is 0 Å². The molecule has 0 atom stereocenters. The van der Waals surface area contributed by atoms with Crippen molar-refractivity contribution >= 4 is 21.8 Å². The Morgan fingerprint density at radius 2 is 1.74 bits per heavy atom. The minimum atomic E-state index is -3.66. The van der Waals surface area contributed by atoms with E-state index in [0.717, 1.165) is 0 Å². The third kappa shape index (κ3) is 5.13. The Labute approximate surface area is 199 Å². The summed E-state index contributed by atoms with van der Waals surface area (Å²) in [5.41, 5.74) is -0.290. The predicted octanol–water partition coefficient (Wildman–Crippen LogP) is 1.74. The number of hydrogen-bond donors (Lipinski definition) is 2. The number of fused-ring (bicyclic) bond motifs is 1. The van der Waals surface area contributed by atoms with Gasteiger partial charge in [-0.05, 0) is 43.5 Å². The van der Waals surface area contributed by atoms with Crippen LogP contribution in [0.1, 0.15) is 29.6 Å². The van der Waals surface area contributed by atoms with Crippen molar-refractivity contribution in [3.8, 4) is 5.75 Å². The van der Waals surface area contributed by atoms with Crippen molar-refractivity contribution in [3.05, 3.63) is 66.5 Å². The molecule has 2 aliphatic heterocycles. The van der Waals surface area contributed by atoms with E-state index in [1.807, 2.05) is 18.2 Å². The number of amides is 2. The summed E-state index contributed by atoms with van der Waals surface area (Å²) in [7, 11) is -3.66. The van der Waals surface area contributed by atoms with Gasteiger partial charge in [-0.1, -0.05) is 24.3 Å². The number of allylic oxidation sites excluding steroid dienone is 1. The molecule has 0 bridgehead atoms. The number of ether oxygens (including phenoxy) is 1.